The third-order valence-electron chi connectivity index (χ3n) is 1.50. The normalized spacial score (nSPS) is 14.4. The Balaban J connectivity index is -0.0000000450. The van der Waals surface area contributed by atoms with E-state index >= 15 is 0 Å². The average molecular weight is 246 g/mol. The third-order valence-corrected chi connectivity index (χ3v) is 3.50. The molecule has 1 saturated heterocycles. The molecule has 0 radical (unpaired) electrons. The van der Waals surface area contributed by atoms with Gasteiger partial charge in [-0.05, 0) is 0 Å². The van der Waals surface area contributed by atoms with E-state index in [2.05, 4.69) is 0 Å². The van der Waals surface area contributed by atoms with Crippen LogP contribution in [0.2, 0.25) is 12.1 Å². The molecule has 0 unspecified atom stereocenters. The molecule has 0 spiro atoms. The Morgan fingerprint density at radius 3 is 1.10 bits per heavy atom. The summed E-state index contributed by atoms with van der Waals surface area (Å²) in [6, 6.07) is 3.28. The minimum Gasteiger partial charge on any atom is -0.147 e. The van der Waals surface area contributed by atoms with Crippen molar-refractivity contribution in [1.29, 1.82) is 0 Å². The molecule has 1 heterocycles. The highest BCUT2D eigenvalue weighted by Gasteiger charge is 1.96. The van der Waals surface area contributed by atoms with Gasteiger partial charge in [-0.1, -0.05) is 31.4 Å². The molecule has 10 heavy (non-hydrogen) atoms. The van der Waals surface area contributed by atoms with E-state index in [0.717, 1.165) is 0 Å². The maximum atomic E-state index is 1.64. The first-order chi connectivity index (χ1) is 3.00. The van der Waals surface area contributed by atoms with Gasteiger partial charge in [0.05, 0.1) is 0 Å². The van der Waals surface area contributed by atoms with Gasteiger partial charge in [-0.25, -0.2) is 0 Å². The van der Waals surface area contributed by atoms with Crippen LogP contribution in [0.5, 0.6) is 0 Å². The van der Waals surface area contributed by atoms with E-state index in [-0.39, 0.29) is 49.6 Å². The van der Waals surface area contributed by atoms with E-state index in [1.807, 2.05) is 0 Å². The summed E-state index contributed by atoms with van der Waals surface area (Å²) in [5.41, 5.74) is 0. The number of rotatable bonds is 0. The Morgan fingerprint density at radius 2 is 1.00 bits per heavy atom. The van der Waals surface area contributed by atoms with Crippen LogP contribution in [0.4, 0.5) is 0 Å². The van der Waals surface area contributed by atoms with Crippen LogP contribution in [0.25, 0.3) is 0 Å². The molecule has 0 aromatic heterocycles. The lowest BCUT2D eigenvalue weighted by Gasteiger charge is -2.04. The molecular formula is C5H16Cl4Si. The SMILES string of the molecule is C1CC[SiH2]CC1.Cl.Cl.Cl.Cl. The lowest BCUT2D eigenvalue weighted by atomic mass is 10.3. The van der Waals surface area contributed by atoms with Crippen molar-refractivity contribution in [2.45, 2.75) is 31.4 Å². The molecule has 5 heteroatoms. The molecule has 68 valence electrons. The summed E-state index contributed by atoms with van der Waals surface area (Å²) in [6.45, 7) is 0. The highest BCUT2D eigenvalue weighted by molar-refractivity contribution is 6.35. The minimum atomic E-state index is 0. The van der Waals surface area contributed by atoms with Crippen molar-refractivity contribution in [2.75, 3.05) is 0 Å². The second-order valence-electron chi connectivity index (χ2n) is 2.12. The molecular weight excluding hydrogens is 230 g/mol. The molecule has 1 rings (SSSR count). The molecule has 0 N–H and O–H groups in total. The van der Waals surface area contributed by atoms with E-state index in [1.54, 1.807) is 24.9 Å². The maximum absolute atomic E-state index is 1.64. The number of hydrogen-bond donors (Lipinski definition) is 0. The fourth-order valence-electron chi connectivity index (χ4n) is 1.06. The molecule has 0 saturated carbocycles. The zero-order valence-corrected chi connectivity index (χ0v) is 10.6. The maximum Gasteiger partial charge on any atom is 0.0197 e. The Morgan fingerprint density at radius 1 is 0.600 bits per heavy atom. The fourth-order valence-corrected chi connectivity index (χ4v) is 2.83. The summed E-state index contributed by atoms with van der Waals surface area (Å²) in [4.78, 5) is 0. The zero-order chi connectivity index (χ0) is 4.24. The van der Waals surface area contributed by atoms with Crippen LogP contribution >= 0.6 is 49.6 Å². The number of halogens is 4. The van der Waals surface area contributed by atoms with E-state index < -0.39 is 0 Å². The van der Waals surface area contributed by atoms with E-state index in [1.165, 1.54) is 6.42 Å². The van der Waals surface area contributed by atoms with Gasteiger partial charge in [-0.3, -0.25) is 0 Å². The Kier molecular flexibility index (Phi) is 37.7. The molecule has 1 aliphatic heterocycles. The highest BCUT2D eigenvalue weighted by Crippen LogP contribution is 2.10. The van der Waals surface area contributed by atoms with Gasteiger partial charge in [-0.2, -0.15) is 0 Å². The van der Waals surface area contributed by atoms with Crippen LogP contribution in [0, 0.1) is 0 Å². The average Bonchev–Trinajstić information content (AvgIpc) is 1.72. The Bertz CT molecular complexity index is 29.1. The van der Waals surface area contributed by atoms with Crippen LogP contribution < -0.4 is 0 Å². The topological polar surface area (TPSA) is 0 Å². The molecule has 1 fully saturated rings. The van der Waals surface area contributed by atoms with E-state index in [0.29, 0.717) is 9.52 Å². The second kappa shape index (κ2) is 16.8. The summed E-state index contributed by atoms with van der Waals surface area (Å²) in [5.74, 6) is 0. The van der Waals surface area contributed by atoms with Crippen molar-refractivity contribution in [2.24, 2.45) is 0 Å². The van der Waals surface area contributed by atoms with Crippen molar-refractivity contribution in [3.05, 3.63) is 0 Å². The molecule has 0 aromatic carbocycles. The van der Waals surface area contributed by atoms with Crippen LogP contribution in [0.1, 0.15) is 19.3 Å². The predicted molar refractivity (Wildman–Crippen MR) is 61.0 cm³/mol. The first kappa shape index (κ1) is 22.5. The summed E-state index contributed by atoms with van der Waals surface area (Å²) >= 11 is 0. The zero-order valence-electron chi connectivity index (χ0n) is 5.88. The highest BCUT2D eigenvalue weighted by atomic mass is 35.5. The van der Waals surface area contributed by atoms with Crippen LogP contribution in [-0.4, -0.2) is 9.52 Å². The molecule has 1 aliphatic rings. The van der Waals surface area contributed by atoms with Crippen LogP contribution in [0.3, 0.4) is 0 Å². The van der Waals surface area contributed by atoms with Crippen molar-refractivity contribution in [3.63, 3.8) is 0 Å². The third kappa shape index (κ3) is 12.1. The van der Waals surface area contributed by atoms with Gasteiger partial charge < -0.3 is 0 Å². The molecule has 0 nitrogen and oxygen atoms in total. The van der Waals surface area contributed by atoms with Gasteiger partial charge in [0.15, 0.2) is 0 Å². The molecule has 0 amide bonds. The van der Waals surface area contributed by atoms with Crippen molar-refractivity contribution in [3.8, 4) is 0 Å². The minimum absolute atomic E-state index is 0. The van der Waals surface area contributed by atoms with Gasteiger partial charge in [0.25, 0.3) is 0 Å². The van der Waals surface area contributed by atoms with Gasteiger partial charge in [0, 0.05) is 9.52 Å². The van der Waals surface area contributed by atoms with Gasteiger partial charge in [-0.15, -0.1) is 49.6 Å². The second-order valence-corrected chi connectivity index (χ2v) is 4.24. The largest absolute Gasteiger partial charge is 0.147 e. The van der Waals surface area contributed by atoms with E-state index in [4.69, 9.17) is 0 Å². The summed E-state index contributed by atoms with van der Waals surface area (Å²) in [5, 5.41) is 0. The summed E-state index contributed by atoms with van der Waals surface area (Å²) in [6.07, 6.45) is 4.66. The fraction of sp³-hybridized carbons (Fsp3) is 1.00. The summed E-state index contributed by atoms with van der Waals surface area (Å²) < 4.78 is 0. The first-order valence-electron chi connectivity index (χ1n) is 3.00. The van der Waals surface area contributed by atoms with Crippen molar-refractivity contribution in [1.82, 2.24) is 0 Å². The molecule has 0 bridgehead atoms. The van der Waals surface area contributed by atoms with Gasteiger partial charge in [0.2, 0.25) is 0 Å². The van der Waals surface area contributed by atoms with Gasteiger partial charge in [0.1, 0.15) is 0 Å². The van der Waals surface area contributed by atoms with Crippen molar-refractivity contribution < 1.29 is 0 Å². The van der Waals surface area contributed by atoms with E-state index in [9.17, 15) is 0 Å². The Hall–Kier alpha value is 1.38. The smallest absolute Gasteiger partial charge is 0.0197 e. The van der Waals surface area contributed by atoms with Crippen LogP contribution in [-0.2, 0) is 0 Å². The van der Waals surface area contributed by atoms with Crippen molar-refractivity contribution >= 4 is 59.1 Å². The summed E-state index contributed by atoms with van der Waals surface area (Å²) in [7, 11) is 0.508. The molecule has 0 atom stereocenters. The molecule has 0 aliphatic carbocycles. The lowest BCUT2D eigenvalue weighted by Crippen LogP contribution is -1.94. The standard InChI is InChI=1S/C5H12Si.4ClH/c1-2-4-6-5-3-1;;;;/h1-6H2;4*1H. The van der Waals surface area contributed by atoms with Crippen LogP contribution in [0.15, 0.2) is 0 Å². The first-order valence-corrected chi connectivity index (χ1v) is 5.00. The van der Waals surface area contributed by atoms with Gasteiger partial charge >= 0.3 is 0 Å². The number of hydrogen-bond acceptors (Lipinski definition) is 0. The lowest BCUT2D eigenvalue weighted by molar-refractivity contribution is 0.734. The molecule has 0 aromatic rings. The Labute approximate surface area is 90.4 Å². The predicted octanol–water partition coefficient (Wildman–Crippen LogP) is 2.86. The quantitative estimate of drug-likeness (QED) is 0.576. The monoisotopic (exact) mass is 244 g/mol.